The van der Waals surface area contributed by atoms with Crippen molar-refractivity contribution in [3.63, 3.8) is 0 Å². The molecule has 106 valence electrons. The van der Waals surface area contributed by atoms with Crippen molar-refractivity contribution in [2.45, 2.75) is 32.9 Å². The number of benzene rings is 1. The van der Waals surface area contributed by atoms with Crippen LogP contribution in [0.25, 0.3) is 0 Å². The predicted molar refractivity (Wildman–Crippen MR) is 76.0 cm³/mol. The van der Waals surface area contributed by atoms with Gasteiger partial charge in [-0.2, -0.15) is 0 Å². The Labute approximate surface area is 114 Å². The molecule has 0 amide bonds. The van der Waals surface area contributed by atoms with Crippen molar-refractivity contribution in [1.82, 2.24) is 4.90 Å². The van der Waals surface area contributed by atoms with Crippen LogP contribution in [0, 0.1) is 5.82 Å². The molecule has 0 aliphatic carbocycles. The first kappa shape index (κ1) is 14.3. The second kappa shape index (κ2) is 5.88. The highest BCUT2D eigenvalue weighted by Crippen LogP contribution is 2.30. The number of para-hydroxylation sites is 1. The van der Waals surface area contributed by atoms with Gasteiger partial charge in [-0.3, -0.25) is 4.90 Å². The Balaban J connectivity index is 2.19. The molecule has 1 fully saturated rings. The molecule has 0 bridgehead atoms. The van der Waals surface area contributed by atoms with E-state index in [1.54, 1.807) is 19.1 Å². The summed E-state index contributed by atoms with van der Waals surface area (Å²) in [5.74, 6) is -0.239. The van der Waals surface area contributed by atoms with Gasteiger partial charge < -0.3 is 10.0 Å². The zero-order chi connectivity index (χ0) is 14.0. The molecular formula is C15H23FN2O. The predicted octanol–water partition coefficient (Wildman–Crippen LogP) is 2.41. The largest absolute Gasteiger partial charge is 0.389 e. The molecule has 3 nitrogen and oxygen atoms in total. The number of anilines is 1. The van der Waals surface area contributed by atoms with Crippen molar-refractivity contribution in [1.29, 1.82) is 0 Å². The molecule has 1 N–H and O–H groups in total. The smallest absolute Gasteiger partial charge is 0.146 e. The van der Waals surface area contributed by atoms with E-state index in [-0.39, 0.29) is 5.82 Å². The summed E-state index contributed by atoms with van der Waals surface area (Å²) in [4.78, 5) is 4.44. The summed E-state index contributed by atoms with van der Waals surface area (Å²) in [6.45, 7) is 9.52. The van der Waals surface area contributed by atoms with Crippen LogP contribution in [0.4, 0.5) is 10.1 Å². The molecule has 0 unspecified atom stereocenters. The molecule has 0 radical (unpaired) electrons. The van der Waals surface area contributed by atoms with Crippen molar-refractivity contribution >= 4 is 5.69 Å². The molecule has 2 rings (SSSR count). The molecule has 0 aromatic heterocycles. The maximum Gasteiger partial charge on any atom is 0.146 e. The highest BCUT2D eigenvalue weighted by atomic mass is 19.1. The van der Waals surface area contributed by atoms with Gasteiger partial charge in [-0.25, -0.2) is 4.39 Å². The fraction of sp³-hybridized carbons (Fsp3) is 0.600. The molecule has 19 heavy (non-hydrogen) atoms. The average molecular weight is 266 g/mol. The topological polar surface area (TPSA) is 26.7 Å². The Morgan fingerprint density at radius 3 is 2.26 bits per heavy atom. The highest BCUT2D eigenvalue weighted by molar-refractivity contribution is 5.56. The van der Waals surface area contributed by atoms with E-state index in [4.69, 9.17) is 0 Å². The van der Waals surface area contributed by atoms with Crippen molar-refractivity contribution in [2.75, 3.05) is 31.1 Å². The van der Waals surface area contributed by atoms with Crippen LogP contribution in [0.1, 0.15) is 32.4 Å². The standard InChI is InChI=1S/C15H23FN2O/c1-11(2)17-7-9-18(10-8-17)15-13(12(3)19)5-4-6-14(15)16/h4-6,11-12,19H,7-10H2,1-3H3/t12-/m0/s1. The molecular weight excluding hydrogens is 243 g/mol. The minimum absolute atomic E-state index is 0.239. The minimum atomic E-state index is -0.645. The number of piperazine rings is 1. The number of nitrogens with zero attached hydrogens (tertiary/aromatic N) is 2. The summed E-state index contributed by atoms with van der Waals surface area (Å²) < 4.78 is 14.1. The Bertz CT molecular complexity index is 426. The van der Waals surface area contributed by atoms with E-state index < -0.39 is 6.10 Å². The van der Waals surface area contributed by atoms with Crippen molar-refractivity contribution < 1.29 is 9.50 Å². The second-order valence-corrected chi connectivity index (χ2v) is 5.47. The van der Waals surface area contributed by atoms with Crippen LogP contribution in [0.5, 0.6) is 0 Å². The lowest BCUT2D eigenvalue weighted by Gasteiger charge is -2.39. The van der Waals surface area contributed by atoms with Gasteiger partial charge in [0.05, 0.1) is 11.8 Å². The molecule has 1 aromatic rings. The molecule has 1 atom stereocenters. The summed E-state index contributed by atoms with van der Waals surface area (Å²) in [7, 11) is 0. The summed E-state index contributed by atoms with van der Waals surface area (Å²) in [6.07, 6.45) is -0.645. The number of halogens is 1. The number of aliphatic hydroxyl groups is 1. The zero-order valence-corrected chi connectivity index (χ0v) is 11.9. The third-order valence-electron chi connectivity index (χ3n) is 3.83. The average Bonchev–Trinajstić information content (AvgIpc) is 2.38. The number of aliphatic hydroxyl groups excluding tert-OH is 1. The number of hydrogen-bond donors (Lipinski definition) is 1. The van der Waals surface area contributed by atoms with Crippen LogP contribution in [-0.4, -0.2) is 42.2 Å². The third kappa shape index (κ3) is 3.07. The van der Waals surface area contributed by atoms with Gasteiger partial charge in [0.2, 0.25) is 0 Å². The van der Waals surface area contributed by atoms with Crippen LogP contribution in [0.2, 0.25) is 0 Å². The molecule has 4 heteroatoms. The van der Waals surface area contributed by atoms with E-state index >= 15 is 0 Å². The first-order valence-electron chi connectivity index (χ1n) is 6.96. The van der Waals surface area contributed by atoms with Crippen LogP contribution in [-0.2, 0) is 0 Å². The van der Waals surface area contributed by atoms with Gasteiger partial charge in [-0.1, -0.05) is 12.1 Å². The molecule has 1 heterocycles. The summed E-state index contributed by atoms with van der Waals surface area (Å²) >= 11 is 0. The van der Waals surface area contributed by atoms with E-state index in [9.17, 15) is 9.50 Å². The van der Waals surface area contributed by atoms with Crippen LogP contribution >= 0.6 is 0 Å². The molecule has 1 aliphatic rings. The lowest BCUT2D eigenvalue weighted by molar-refractivity contribution is 0.195. The lowest BCUT2D eigenvalue weighted by atomic mass is 10.1. The van der Waals surface area contributed by atoms with E-state index in [0.717, 1.165) is 26.2 Å². The van der Waals surface area contributed by atoms with Gasteiger partial charge in [0, 0.05) is 37.8 Å². The number of hydrogen-bond acceptors (Lipinski definition) is 3. The molecule has 1 aliphatic heterocycles. The Hall–Kier alpha value is -1.13. The maximum atomic E-state index is 14.1. The maximum absolute atomic E-state index is 14.1. The van der Waals surface area contributed by atoms with Gasteiger partial charge in [0.15, 0.2) is 0 Å². The second-order valence-electron chi connectivity index (χ2n) is 5.47. The Morgan fingerprint density at radius 2 is 1.74 bits per heavy atom. The summed E-state index contributed by atoms with van der Waals surface area (Å²) in [5.41, 5.74) is 1.25. The molecule has 0 spiro atoms. The van der Waals surface area contributed by atoms with Gasteiger partial charge in [-0.05, 0) is 26.8 Å². The third-order valence-corrected chi connectivity index (χ3v) is 3.83. The van der Waals surface area contributed by atoms with Crippen molar-refractivity contribution in [3.05, 3.63) is 29.6 Å². The lowest BCUT2D eigenvalue weighted by Crippen LogP contribution is -2.49. The van der Waals surface area contributed by atoms with E-state index in [1.165, 1.54) is 6.07 Å². The zero-order valence-electron chi connectivity index (χ0n) is 11.9. The van der Waals surface area contributed by atoms with Gasteiger partial charge in [-0.15, -0.1) is 0 Å². The molecule has 1 saturated heterocycles. The number of rotatable bonds is 3. The fourth-order valence-corrected chi connectivity index (χ4v) is 2.66. The van der Waals surface area contributed by atoms with E-state index in [2.05, 4.69) is 23.6 Å². The first-order valence-corrected chi connectivity index (χ1v) is 6.96. The molecule has 0 saturated carbocycles. The van der Waals surface area contributed by atoms with Crippen molar-refractivity contribution in [2.24, 2.45) is 0 Å². The Kier molecular flexibility index (Phi) is 4.42. The Morgan fingerprint density at radius 1 is 1.11 bits per heavy atom. The molecule has 1 aromatic carbocycles. The first-order chi connectivity index (χ1) is 9.00. The van der Waals surface area contributed by atoms with Crippen LogP contribution < -0.4 is 4.90 Å². The quantitative estimate of drug-likeness (QED) is 0.910. The minimum Gasteiger partial charge on any atom is -0.389 e. The summed E-state index contributed by atoms with van der Waals surface area (Å²) in [6, 6.07) is 5.46. The monoisotopic (exact) mass is 266 g/mol. The van der Waals surface area contributed by atoms with E-state index in [1.807, 2.05) is 0 Å². The van der Waals surface area contributed by atoms with Crippen molar-refractivity contribution in [3.8, 4) is 0 Å². The summed E-state index contributed by atoms with van der Waals surface area (Å²) in [5, 5.41) is 9.80. The fourth-order valence-electron chi connectivity index (χ4n) is 2.66. The van der Waals surface area contributed by atoms with Crippen LogP contribution in [0.15, 0.2) is 18.2 Å². The SMILES string of the molecule is CC(C)N1CCN(c2c(F)cccc2[C@H](C)O)CC1. The van der Waals surface area contributed by atoms with Gasteiger partial charge in [0.1, 0.15) is 5.82 Å². The van der Waals surface area contributed by atoms with Gasteiger partial charge >= 0.3 is 0 Å². The van der Waals surface area contributed by atoms with E-state index in [0.29, 0.717) is 17.3 Å². The van der Waals surface area contributed by atoms with Gasteiger partial charge in [0.25, 0.3) is 0 Å². The van der Waals surface area contributed by atoms with Crippen LogP contribution in [0.3, 0.4) is 0 Å². The normalized spacial score (nSPS) is 18.9. The highest BCUT2D eigenvalue weighted by Gasteiger charge is 2.24.